The molecule has 2 bridgehead atoms. The fourth-order valence-electron chi connectivity index (χ4n) is 7.08. The van der Waals surface area contributed by atoms with Gasteiger partial charge in [0.1, 0.15) is 17.7 Å². The quantitative estimate of drug-likeness (QED) is 0.618. The average Bonchev–Trinajstić information content (AvgIpc) is 3.18. The van der Waals surface area contributed by atoms with Crippen LogP contribution >= 0.6 is 0 Å². The molecule has 180 valence electrons. The number of Topliss-reactive ketones (excluding diaryl/α,β-unsaturated/α-hetero) is 1. The zero-order valence-corrected chi connectivity index (χ0v) is 20.0. The van der Waals surface area contributed by atoms with Crippen LogP contribution in [0.1, 0.15) is 46.3 Å². The molecule has 35 heavy (non-hydrogen) atoms. The molecule has 2 aromatic carbocycles. The molecule has 6 rings (SSSR count). The summed E-state index contributed by atoms with van der Waals surface area (Å²) in [6.45, 7) is 2.58. The molecule has 2 aliphatic carbocycles. The van der Waals surface area contributed by atoms with Crippen LogP contribution in [0.2, 0.25) is 0 Å². The van der Waals surface area contributed by atoms with Gasteiger partial charge < -0.3 is 19.8 Å². The lowest BCUT2D eigenvalue weighted by molar-refractivity contribution is -0.183. The molecule has 0 aromatic heterocycles. The minimum atomic E-state index is -1.35. The second kappa shape index (κ2) is 7.33. The van der Waals surface area contributed by atoms with E-state index in [4.69, 9.17) is 4.74 Å². The first-order valence-corrected chi connectivity index (χ1v) is 12.0. The maximum absolute atomic E-state index is 13.5. The number of phenolic OH excluding ortho intramolecular Hbond substituents is 1. The fraction of sp³-hybridized carbons (Fsp3) is 0.429. The van der Waals surface area contributed by atoms with Gasteiger partial charge in [0, 0.05) is 29.7 Å². The molecule has 2 aliphatic heterocycles. The summed E-state index contributed by atoms with van der Waals surface area (Å²) in [5.41, 5.74) is 0.710. The van der Waals surface area contributed by atoms with E-state index in [1.165, 1.54) is 6.07 Å². The van der Waals surface area contributed by atoms with Crippen molar-refractivity contribution < 1.29 is 24.5 Å². The summed E-state index contributed by atoms with van der Waals surface area (Å²) in [6, 6.07) is 9.75. The smallest absolute Gasteiger partial charge is 0.298 e. The molecule has 2 aromatic rings. The first-order chi connectivity index (χ1) is 16.7. The van der Waals surface area contributed by atoms with E-state index in [1.807, 2.05) is 43.1 Å². The summed E-state index contributed by atoms with van der Waals surface area (Å²) in [7, 11) is 3.58. The Balaban J connectivity index is 1.42. The van der Waals surface area contributed by atoms with Crippen LogP contribution in [-0.2, 0) is 10.2 Å². The van der Waals surface area contributed by atoms with Crippen LogP contribution in [0.25, 0.3) is 0 Å². The summed E-state index contributed by atoms with van der Waals surface area (Å²) >= 11 is 0. The van der Waals surface area contributed by atoms with Crippen molar-refractivity contribution in [1.29, 1.82) is 0 Å². The van der Waals surface area contributed by atoms with E-state index in [9.17, 15) is 19.8 Å². The second-order valence-corrected chi connectivity index (χ2v) is 10.4. The van der Waals surface area contributed by atoms with Gasteiger partial charge in [-0.15, -0.1) is 0 Å². The highest BCUT2D eigenvalue weighted by atomic mass is 16.5. The maximum Gasteiger partial charge on any atom is 0.298 e. The Labute approximate surface area is 204 Å². The van der Waals surface area contributed by atoms with E-state index in [1.54, 1.807) is 18.0 Å². The lowest BCUT2D eigenvalue weighted by atomic mass is 9.48. The highest BCUT2D eigenvalue weighted by Gasteiger charge is 2.75. The molecule has 2 heterocycles. The largest absolute Gasteiger partial charge is 0.504 e. The van der Waals surface area contributed by atoms with Crippen molar-refractivity contribution in [2.24, 2.45) is 0 Å². The van der Waals surface area contributed by atoms with Gasteiger partial charge in [0.25, 0.3) is 5.91 Å². The monoisotopic (exact) mass is 472 g/mol. The maximum atomic E-state index is 13.5. The fourth-order valence-corrected chi connectivity index (χ4v) is 7.08. The number of carbonyl (C=O) groups excluding carboxylic acids is 2. The normalized spacial score (nSPS) is 32.2. The van der Waals surface area contributed by atoms with E-state index in [0.29, 0.717) is 36.9 Å². The summed E-state index contributed by atoms with van der Waals surface area (Å²) in [5.74, 6) is 5.45. The number of rotatable bonds is 1. The van der Waals surface area contributed by atoms with Gasteiger partial charge in [-0.1, -0.05) is 18.1 Å². The Morgan fingerprint density at radius 3 is 2.83 bits per heavy atom. The minimum absolute atomic E-state index is 0.0491. The number of ketones is 1. The molecule has 7 heteroatoms. The zero-order valence-electron chi connectivity index (χ0n) is 20.0. The Bertz CT molecular complexity index is 1340. The van der Waals surface area contributed by atoms with Gasteiger partial charge in [-0.3, -0.25) is 14.5 Å². The van der Waals surface area contributed by atoms with E-state index < -0.39 is 23.2 Å². The molecule has 2 N–H and O–H groups in total. The van der Waals surface area contributed by atoms with Gasteiger partial charge in [0.15, 0.2) is 17.3 Å². The van der Waals surface area contributed by atoms with Gasteiger partial charge in [0.2, 0.25) is 0 Å². The summed E-state index contributed by atoms with van der Waals surface area (Å²) < 4.78 is 6.40. The number of aryl methyl sites for hydroxylation is 1. The van der Waals surface area contributed by atoms with Gasteiger partial charge in [-0.2, -0.15) is 0 Å². The number of likely N-dealkylation sites (N-methyl/N-ethyl adjacent to an activating group) is 2. The van der Waals surface area contributed by atoms with E-state index in [2.05, 4.69) is 11.8 Å². The Morgan fingerprint density at radius 2 is 2.06 bits per heavy atom. The summed E-state index contributed by atoms with van der Waals surface area (Å²) in [5, 5.41) is 22.9. The van der Waals surface area contributed by atoms with Crippen molar-refractivity contribution in [3.8, 4) is 23.3 Å². The third kappa shape index (κ3) is 2.75. The SMILES string of the molecule is Cc1cccc(C#CC(=O)N(C)[C@H]2CC[C@@]3(O)[C@H]4C(=O)c5ccc(O)c6c5[C@@]3(CCN4C)[C@H]2O6)c1. The lowest BCUT2D eigenvalue weighted by Gasteiger charge is -2.63. The molecule has 2 fully saturated rings. The standard InChI is InChI=1S/C28H28N2O5/c1-16-5-4-6-17(15-16)7-10-21(32)30(3)19-11-12-28(34)25-23(33)18-8-9-20(31)24-22(18)27(28,26(19)35-24)13-14-29(25)2/h4-6,8-9,15,19,25-26,31,34H,11-14H2,1-3H3/t19-,25+,26-,27-,28+/m0/s1. The molecule has 1 saturated carbocycles. The average molecular weight is 473 g/mol. The van der Waals surface area contributed by atoms with Crippen molar-refractivity contribution in [3.05, 3.63) is 58.7 Å². The third-order valence-corrected chi connectivity index (χ3v) is 8.67. The van der Waals surface area contributed by atoms with Gasteiger partial charge >= 0.3 is 0 Å². The van der Waals surface area contributed by atoms with Crippen molar-refractivity contribution >= 4 is 11.7 Å². The number of ether oxygens (including phenoxy) is 1. The van der Waals surface area contributed by atoms with Gasteiger partial charge in [0.05, 0.1) is 11.5 Å². The van der Waals surface area contributed by atoms with Crippen molar-refractivity contribution in [1.82, 2.24) is 9.80 Å². The predicted molar refractivity (Wildman–Crippen MR) is 128 cm³/mol. The molecule has 0 unspecified atom stereocenters. The number of benzene rings is 2. The van der Waals surface area contributed by atoms with Crippen LogP contribution in [-0.4, -0.2) is 76.1 Å². The number of nitrogens with zero attached hydrogens (tertiary/aromatic N) is 2. The molecule has 5 atom stereocenters. The lowest BCUT2D eigenvalue weighted by Crippen LogP contribution is -2.79. The first-order valence-electron chi connectivity index (χ1n) is 12.0. The number of hydrogen-bond donors (Lipinski definition) is 2. The highest BCUT2D eigenvalue weighted by Crippen LogP contribution is 2.65. The number of phenols is 1. The number of piperidine rings is 1. The van der Waals surface area contributed by atoms with E-state index in [-0.39, 0.29) is 29.2 Å². The van der Waals surface area contributed by atoms with E-state index >= 15 is 0 Å². The topological polar surface area (TPSA) is 90.3 Å². The molecule has 4 aliphatic rings. The van der Waals surface area contributed by atoms with E-state index in [0.717, 1.165) is 11.1 Å². The summed E-state index contributed by atoms with van der Waals surface area (Å²) in [4.78, 5) is 30.2. The van der Waals surface area contributed by atoms with Gasteiger partial charge in [-0.25, -0.2) is 0 Å². The van der Waals surface area contributed by atoms with Crippen LogP contribution in [0.5, 0.6) is 11.5 Å². The van der Waals surface area contributed by atoms with Crippen LogP contribution in [0.4, 0.5) is 0 Å². The van der Waals surface area contributed by atoms with Crippen molar-refractivity contribution in [2.45, 2.75) is 55.4 Å². The molecule has 1 saturated heterocycles. The first kappa shape index (κ1) is 22.1. The minimum Gasteiger partial charge on any atom is -0.504 e. The van der Waals surface area contributed by atoms with Crippen molar-refractivity contribution in [2.75, 3.05) is 20.6 Å². The third-order valence-electron chi connectivity index (χ3n) is 8.67. The van der Waals surface area contributed by atoms with Crippen LogP contribution in [0, 0.1) is 18.8 Å². The number of likely N-dealkylation sites (tertiary alicyclic amines) is 1. The molecule has 0 radical (unpaired) electrons. The number of aliphatic hydroxyl groups is 1. The predicted octanol–water partition coefficient (Wildman–Crippen LogP) is 2.00. The summed E-state index contributed by atoms with van der Waals surface area (Å²) in [6.07, 6.45) is 0.766. The Morgan fingerprint density at radius 1 is 1.26 bits per heavy atom. The number of amides is 1. The Kier molecular flexibility index (Phi) is 4.64. The number of aromatic hydroxyl groups is 1. The van der Waals surface area contributed by atoms with Gasteiger partial charge in [-0.05, 0) is 69.6 Å². The molecule has 7 nitrogen and oxygen atoms in total. The molecule has 1 spiro atoms. The molecular weight excluding hydrogens is 444 g/mol. The molecule has 1 amide bonds. The Hall–Kier alpha value is -3.34. The van der Waals surface area contributed by atoms with Crippen LogP contribution < -0.4 is 4.74 Å². The number of hydrogen-bond acceptors (Lipinski definition) is 6. The van der Waals surface area contributed by atoms with Crippen LogP contribution in [0.15, 0.2) is 36.4 Å². The molecular formula is C28H28N2O5. The van der Waals surface area contributed by atoms with Crippen LogP contribution in [0.3, 0.4) is 0 Å². The van der Waals surface area contributed by atoms with Crippen molar-refractivity contribution in [3.63, 3.8) is 0 Å². The second-order valence-electron chi connectivity index (χ2n) is 10.4. The highest BCUT2D eigenvalue weighted by molar-refractivity contribution is 6.06. The zero-order chi connectivity index (χ0) is 24.7. The number of carbonyl (C=O) groups is 2.